The van der Waals surface area contributed by atoms with Crippen LogP contribution in [0.4, 0.5) is 8.78 Å². The smallest absolute Gasteiger partial charge is 0.274 e. The van der Waals surface area contributed by atoms with Crippen molar-refractivity contribution < 1.29 is 33.0 Å². The van der Waals surface area contributed by atoms with Crippen LogP contribution in [0.2, 0.25) is 0 Å². The van der Waals surface area contributed by atoms with Crippen LogP contribution in [0.5, 0.6) is 5.75 Å². The molecule has 1 aromatic carbocycles. The van der Waals surface area contributed by atoms with Crippen LogP contribution in [0.25, 0.3) is 0 Å². The summed E-state index contributed by atoms with van der Waals surface area (Å²) in [5, 5.41) is 13.1. The minimum Gasteiger partial charge on any atom is -0.503 e. The molecule has 0 unspecified atom stereocenters. The van der Waals surface area contributed by atoms with E-state index in [1.807, 2.05) is 6.92 Å². The molecule has 3 heterocycles. The van der Waals surface area contributed by atoms with Crippen LogP contribution in [-0.2, 0) is 16.0 Å². The minimum atomic E-state index is -1.03. The molecule has 1 saturated carbocycles. The lowest BCUT2D eigenvalue weighted by Crippen LogP contribution is -2.57. The first kappa shape index (κ1) is 24.4. The third-order valence-corrected chi connectivity index (χ3v) is 7.33. The zero-order chi connectivity index (χ0) is 25.8. The number of benzene rings is 1. The highest BCUT2D eigenvalue weighted by Gasteiger charge is 2.51. The Hall–Kier alpha value is -3.31. The van der Waals surface area contributed by atoms with Gasteiger partial charge in [-0.15, -0.1) is 0 Å². The van der Waals surface area contributed by atoms with Crippen molar-refractivity contribution in [2.45, 2.75) is 57.5 Å². The second-order valence-electron chi connectivity index (χ2n) is 9.44. The van der Waals surface area contributed by atoms with Gasteiger partial charge in [-0.25, -0.2) is 8.78 Å². The summed E-state index contributed by atoms with van der Waals surface area (Å²) in [5.74, 6) is -4.70. The van der Waals surface area contributed by atoms with Crippen molar-refractivity contribution in [1.29, 1.82) is 0 Å². The summed E-state index contributed by atoms with van der Waals surface area (Å²) in [6.07, 6.45) is 2.73. The maximum absolute atomic E-state index is 14.2. The number of ether oxygens (including phenoxy) is 2. The highest BCUT2D eigenvalue weighted by Crippen LogP contribution is 2.45. The Bertz CT molecular complexity index is 1280. The van der Waals surface area contributed by atoms with Crippen LogP contribution in [0.1, 0.15) is 64.2 Å². The number of aryl methyl sites for hydroxylation is 1. The Morgan fingerprint density at radius 2 is 1.86 bits per heavy atom. The van der Waals surface area contributed by atoms with Crippen LogP contribution in [-0.4, -0.2) is 58.0 Å². The number of carbonyl (C=O) groups excluding carboxylic acids is 2. The standard InChI is InChI=1S/C25H27F2N3O6/c1-3-29-19-10-25(35-6-7-36-25)5-4-18(19)30-12-15(21(31)22(32)20(30)24(29)34)23(33)28-11-14-16(26)8-13(2)9-17(14)27/h8-9,12,18-19,32H,3-7,10-11H2,1-2H3,(H,28,33)/t18-,19+/m0/s1. The number of carbonyl (C=O) groups is 2. The lowest BCUT2D eigenvalue weighted by Gasteiger charge is -2.49. The number of fused-ring (bicyclic) bond motifs is 3. The molecule has 2 aliphatic heterocycles. The van der Waals surface area contributed by atoms with Crippen molar-refractivity contribution in [2.75, 3.05) is 19.8 Å². The SMILES string of the molecule is CCN1C(=O)c2c(O)c(=O)c(C(=O)NCc3c(F)cc(C)cc3F)cn2[C@H]2CCC3(C[C@H]21)OCCO3. The monoisotopic (exact) mass is 503 g/mol. The third kappa shape index (κ3) is 3.86. The van der Waals surface area contributed by atoms with E-state index in [0.717, 1.165) is 12.1 Å². The Labute approximate surface area is 205 Å². The molecule has 2 fully saturated rings. The number of amides is 2. The fourth-order valence-electron chi connectivity index (χ4n) is 5.60. The second kappa shape index (κ2) is 8.97. The zero-order valence-electron chi connectivity index (χ0n) is 20.0. The van der Waals surface area contributed by atoms with Gasteiger partial charge < -0.3 is 29.4 Å². The van der Waals surface area contributed by atoms with Gasteiger partial charge in [0.2, 0.25) is 5.43 Å². The van der Waals surface area contributed by atoms with Gasteiger partial charge in [-0.3, -0.25) is 14.4 Å². The molecule has 36 heavy (non-hydrogen) atoms. The number of rotatable bonds is 4. The second-order valence-corrected chi connectivity index (χ2v) is 9.44. The number of likely N-dealkylation sites (N-methyl/N-ethyl adjacent to an activating group) is 1. The van der Waals surface area contributed by atoms with E-state index in [1.54, 1.807) is 4.90 Å². The van der Waals surface area contributed by atoms with Gasteiger partial charge >= 0.3 is 0 Å². The molecule has 2 atom stereocenters. The number of hydrogen-bond donors (Lipinski definition) is 2. The average Bonchev–Trinajstić information content (AvgIpc) is 3.27. The van der Waals surface area contributed by atoms with Gasteiger partial charge in [-0.05, 0) is 38.0 Å². The highest BCUT2D eigenvalue weighted by molar-refractivity contribution is 5.99. The Morgan fingerprint density at radius 3 is 2.50 bits per heavy atom. The number of hydrogen-bond acceptors (Lipinski definition) is 6. The molecule has 5 rings (SSSR count). The summed E-state index contributed by atoms with van der Waals surface area (Å²) in [6, 6.07) is 1.61. The summed E-state index contributed by atoms with van der Waals surface area (Å²) in [7, 11) is 0. The largest absolute Gasteiger partial charge is 0.503 e. The van der Waals surface area contributed by atoms with E-state index in [9.17, 15) is 28.3 Å². The predicted molar refractivity (Wildman–Crippen MR) is 123 cm³/mol. The first-order chi connectivity index (χ1) is 17.2. The van der Waals surface area contributed by atoms with Crippen molar-refractivity contribution in [1.82, 2.24) is 14.8 Å². The van der Waals surface area contributed by atoms with E-state index in [1.165, 1.54) is 17.7 Å². The molecule has 2 N–H and O–H groups in total. The van der Waals surface area contributed by atoms with Crippen LogP contribution in [0, 0.1) is 18.6 Å². The van der Waals surface area contributed by atoms with Gasteiger partial charge in [0.1, 0.15) is 17.2 Å². The minimum absolute atomic E-state index is 0.181. The fraction of sp³-hybridized carbons (Fsp3) is 0.480. The molecule has 1 spiro atoms. The number of halogens is 2. The van der Waals surface area contributed by atoms with Gasteiger partial charge in [0, 0.05) is 37.7 Å². The van der Waals surface area contributed by atoms with Gasteiger partial charge in [-0.2, -0.15) is 0 Å². The number of aromatic nitrogens is 1. The van der Waals surface area contributed by atoms with E-state index in [-0.39, 0.29) is 23.3 Å². The van der Waals surface area contributed by atoms with Gasteiger partial charge in [0.05, 0.1) is 25.3 Å². The van der Waals surface area contributed by atoms with Crippen molar-refractivity contribution in [2.24, 2.45) is 0 Å². The van der Waals surface area contributed by atoms with E-state index < -0.39 is 52.5 Å². The maximum atomic E-state index is 14.2. The molecule has 9 nitrogen and oxygen atoms in total. The molecule has 11 heteroatoms. The number of nitrogens with zero attached hydrogens (tertiary/aromatic N) is 2. The van der Waals surface area contributed by atoms with Crippen molar-refractivity contribution in [3.63, 3.8) is 0 Å². The van der Waals surface area contributed by atoms with Crippen LogP contribution >= 0.6 is 0 Å². The van der Waals surface area contributed by atoms with Crippen molar-refractivity contribution in [3.8, 4) is 5.75 Å². The van der Waals surface area contributed by atoms with E-state index >= 15 is 0 Å². The molecule has 192 valence electrons. The summed E-state index contributed by atoms with van der Waals surface area (Å²) in [5.41, 5.74) is -1.59. The molecule has 2 amide bonds. The van der Waals surface area contributed by atoms with E-state index in [0.29, 0.717) is 44.6 Å². The highest BCUT2D eigenvalue weighted by atomic mass is 19.1. The molecular weight excluding hydrogens is 476 g/mol. The summed E-state index contributed by atoms with van der Waals surface area (Å²) in [6.45, 7) is 4.13. The summed E-state index contributed by atoms with van der Waals surface area (Å²) in [4.78, 5) is 40.7. The quantitative estimate of drug-likeness (QED) is 0.663. The third-order valence-electron chi connectivity index (χ3n) is 7.33. The van der Waals surface area contributed by atoms with Crippen LogP contribution < -0.4 is 10.7 Å². The molecule has 0 radical (unpaired) electrons. The van der Waals surface area contributed by atoms with Gasteiger partial charge in [0.25, 0.3) is 11.8 Å². The van der Waals surface area contributed by atoms with E-state index in [4.69, 9.17) is 9.47 Å². The topological polar surface area (TPSA) is 110 Å². The Balaban J connectivity index is 1.49. The van der Waals surface area contributed by atoms with Gasteiger partial charge in [0.15, 0.2) is 17.2 Å². The molecule has 1 aliphatic carbocycles. The Kier molecular flexibility index (Phi) is 6.08. The molecule has 3 aliphatic rings. The van der Waals surface area contributed by atoms with Crippen LogP contribution in [0.3, 0.4) is 0 Å². The predicted octanol–water partition coefficient (Wildman–Crippen LogP) is 2.38. The fourth-order valence-corrected chi connectivity index (χ4v) is 5.60. The molecular formula is C25H27F2N3O6. The normalized spacial score (nSPS) is 22.4. The summed E-state index contributed by atoms with van der Waals surface area (Å²) < 4.78 is 41.6. The van der Waals surface area contributed by atoms with E-state index in [2.05, 4.69) is 5.32 Å². The first-order valence-electron chi connectivity index (χ1n) is 12.0. The molecule has 1 saturated heterocycles. The number of aromatic hydroxyl groups is 1. The van der Waals surface area contributed by atoms with Crippen molar-refractivity contribution >= 4 is 11.8 Å². The Morgan fingerprint density at radius 1 is 1.19 bits per heavy atom. The zero-order valence-corrected chi connectivity index (χ0v) is 20.0. The molecule has 2 aromatic rings. The average molecular weight is 504 g/mol. The first-order valence-corrected chi connectivity index (χ1v) is 12.0. The molecule has 1 aromatic heterocycles. The van der Waals surface area contributed by atoms with Crippen molar-refractivity contribution in [3.05, 3.63) is 62.6 Å². The van der Waals surface area contributed by atoms with Crippen LogP contribution in [0.15, 0.2) is 23.1 Å². The number of nitrogens with one attached hydrogen (secondary N) is 1. The lowest BCUT2D eigenvalue weighted by atomic mass is 9.82. The lowest BCUT2D eigenvalue weighted by molar-refractivity contribution is -0.194. The van der Waals surface area contributed by atoms with Gasteiger partial charge in [-0.1, -0.05) is 0 Å². The summed E-state index contributed by atoms with van der Waals surface area (Å²) >= 11 is 0. The number of pyridine rings is 1. The molecule has 0 bridgehead atoms. The maximum Gasteiger partial charge on any atom is 0.274 e.